The molecule has 1 atom stereocenters. The summed E-state index contributed by atoms with van der Waals surface area (Å²) in [7, 11) is 0. The van der Waals surface area contributed by atoms with Gasteiger partial charge in [-0.05, 0) is 18.2 Å². The normalized spacial score (nSPS) is 20.8. The lowest BCUT2D eigenvalue weighted by Crippen LogP contribution is -2.55. The zero-order valence-electron chi connectivity index (χ0n) is 8.69. The van der Waals surface area contributed by atoms with E-state index < -0.39 is 0 Å². The molecule has 0 spiro atoms. The molecule has 1 saturated heterocycles. The van der Waals surface area contributed by atoms with E-state index in [2.05, 4.69) is 5.32 Å². The van der Waals surface area contributed by atoms with Gasteiger partial charge in [-0.3, -0.25) is 4.79 Å². The summed E-state index contributed by atoms with van der Waals surface area (Å²) in [6.07, 6.45) is 0. The lowest BCUT2D eigenvalue weighted by molar-refractivity contribution is -0.121. The Morgan fingerprint density at radius 2 is 2.38 bits per heavy atom. The van der Waals surface area contributed by atoms with Crippen LogP contribution in [0.15, 0.2) is 24.3 Å². The molecule has 16 heavy (non-hydrogen) atoms. The van der Waals surface area contributed by atoms with Crippen molar-refractivity contribution in [1.29, 1.82) is 0 Å². The van der Waals surface area contributed by atoms with Crippen molar-refractivity contribution >= 4 is 23.2 Å². The summed E-state index contributed by atoms with van der Waals surface area (Å²) >= 11 is 5.89. The predicted molar refractivity (Wildman–Crippen MR) is 62.7 cm³/mol. The molecule has 1 heterocycles. The van der Waals surface area contributed by atoms with Gasteiger partial charge in [0.05, 0.1) is 19.2 Å². The van der Waals surface area contributed by atoms with Crippen molar-refractivity contribution in [2.75, 3.05) is 24.6 Å². The molecule has 2 N–H and O–H groups in total. The van der Waals surface area contributed by atoms with Gasteiger partial charge in [0.2, 0.25) is 5.91 Å². The number of hydrogen-bond donors (Lipinski definition) is 2. The summed E-state index contributed by atoms with van der Waals surface area (Å²) in [5.74, 6) is -0.0784. The van der Waals surface area contributed by atoms with Gasteiger partial charge >= 0.3 is 0 Å². The highest BCUT2D eigenvalue weighted by Crippen LogP contribution is 2.20. The van der Waals surface area contributed by atoms with Crippen LogP contribution in [0.5, 0.6) is 0 Å². The second-order valence-corrected chi connectivity index (χ2v) is 4.24. The van der Waals surface area contributed by atoms with Gasteiger partial charge in [0.15, 0.2) is 0 Å². The zero-order valence-corrected chi connectivity index (χ0v) is 9.44. The van der Waals surface area contributed by atoms with E-state index in [0.717, 1.165) is 5.69 Å². The van der Waals surface area contributed by atoms with Gasteiger partial charge in [-0.25, -0.2) is 0 Å². The van der Waals surface area contributed by atoms with Crippen molar-refractivity contribution < 1.29 is 9.90 Å². The maximum atomic E-state index is 11.4. The van der Waals surface area contributed by atoms with E-state index in [0.29, 0.717) is 18.1 Å². The van der Waals surface area contributed by atoms with E-state index >= 15 is 0 Å². The fraction of sp³-hybridized carbons (Fsp3) is 0.364. The van der Waals surface area contributed by atoms with E-state index in [1.165, 1.54) is 0 Å². The highest BCUT2D eigenvalue weighted by atomic mass is 35.5. The topological polar surface area (TPSA) is 52.6 Å². The summed E-state index contributed by atoms with van der Waals surface area (Å²) in [4.78, 5) is 13.3. The predicted octanol–water partition coefficient (Wildman–Crippen LogP) is 0.637. The van der Waals surface area contributed by atoms with Gasteiger partial charge < -0.3 is 15.3 Å². The number of nitrogens with one attached hydrogen (secondary N) is 1. The molecule has 1 aliphatic rings. The van der Waals surface area contributed by atoms with Crippen molar-refractivity contribution in [2.45, 2.75) is 6.04 Å². The fourth-order valence-corrected chi connectivity index (χ4v) is 1.98. The van der Waals surface area contributed by atoms with Crippen LogP contribution in [0.1, 0.15) is 0 Å². The minimum atomic E-state index is -0.208. The first kappa shape index (κ1) is 11.2. The maximum Gasteiger partial charge on any atom is 0.239 e. The number of benzene rings is 1. The van der Waals surface area contributed by atoms with Crippen LogP contribution >= 0.6 is 11.6 Å². The van der Waals surface area contributed by atoms with Crippen molar-refractivity contribution in [1.82, 2.24) is 5.32 Å². The Morgan fingerprint density at radius 1 is 1.56 bits per heavy atom. The summed E-state index contributed by atoms with van der Waals surface area (Å²) in [5, 5.41) is 12.4. The van der Waals surface area contributed by atoms with Crippen molar-refractivity contribution in [3.05, 3.63) is 29.3 Å². The summed E-state index contributed by atoms with van der Waals surface area (Å²) < 4.78 is 0. The number of carbonyl (C=O) groups is 1. The Bertz CT molecular complexity index is 397. The lowest BCUT2D eigenvalue weighted by atomic mass is 10.2. The molecule has 1 unspecified atom stereocenters. The van der Waals surface area contributed by atoms with Crippen LogP contribution in [0, 0.1) is 0 Å². The number of aliphatic hydroxyl groups excluding tert-OH is 1. The number of piperazine rings is 1. The number of carbonyl (C=O) groups excluding carboxylic acids is 1. The van der Waals surface area contributed by atoms with E-state index in [4.69, 9.17) is 16.7 Å². The minimum Gasteiger partial charge on any atom is -0.394 e. The van der Waals surface area contributed by atoms with Gasteiger partial charge in [0.1, 0.15) is 0 Å². The molecule has 0 aliphatic carbocycles. The Kier molecular flexibility index (Phi) is 3.31. The van der Waals surface area contributed by atoms with E-state index in [1.807, 2.05) is 23.1 Å². The average Bonchev–Trinajstić information content (AvgIpc) is 2.28. The van der Waals surface area contributed by atoms with Gasteiger partial charge in [-0.2, -0.15) is 0 Å². The number of anilines is 1. The molecule has 1 fully saturated rings. The van der Waals surface area contributed by atoms with E-state index in [9.17, 15) is 4.79 Å². The molecule has 86 valence electrons. The molecule has 0 bridgehead atoms. The Morgan fingerprint density at radius 3 is 3.06 bits per heavy atom. The SMILES string of the molecule is O=C1CN(c2cccc(Cl)c2)CC(CO)N1. The van der Waals surface area contributed by atoms with Crippen molar-refractivity contribution in [3.8, 4) is 0 Å². The molecule has 0 aromatic heterocycles. The minimum absolute atomic E-state index is 0.0528. The maximum absolute atomic E-state index is 11.4. The van der Waals surface area contributed by atoms with Crippen LogP contribution in [0.25, 0.3) is 0 Å². The first-order valence-corrected chi connectivity index (χ1v) is 5.47. The highest BCUT2D eigenvalue weighted by Gasteiger charge is 2.23. The molecule has 1 aromatic rings. The molecular weight excluding hydrogens is 228 g/mol. The monoisotopic (exact) mass is 240 g/mol. The molecule has 5 heteroatoms. The number of amides is 1. The largest absolute Gasteiger partial charge is 0.394 e. The lowest BCUT2D eigenvalue weighted by Gasteiger charge is -2.33. The third kappa shape index (κ3) is 2.46. The quantitative estimate of drug-likeness (QED) is 0.798. The number of nitrogens with zero attached hydrogens (tertiary/aromatic N) is 1. The van der Waals surface area contributed by atoms with Crippen molar-refractivity contribution in [3.63, 3.8) is 0 Å². The number of hydrogen-bond acceptors (Lipinski definition) is 3. The summed E-state index contributed by atoms with van der Waals surface area (Å²) in [5.41, 5.74) is 0.904. The second-order valence-electron chi connectivity index (χ2n) is 3.81. The van der Waals surface area contributed by atoms with Gasteiger partial charge in [0, 0.05) is 17.3 Å². The van der Waals surface area contributed by atoms with Crippen LogP contribution in [0.3, 0.4) is 0 Å². The van der Waals surface area contributed by atoms with Gasteiger partial charge in [-0.1, -0.05) is 17.7 Å². The Labute approximate surface area is 98.8 Å². The molecule has 0 radical (unpaired) electrons. The van der Waals surface area contributed by atoms with Gasteiger partial charge in [-0.15, -0.1) is 0 Å². The molecule has 1 amide bonds. The van der Waals surface area contributed by atoms with Crippen LogP contribution in [-0.4, -0.2) is 36.8 Å². The molecule has 1 aromatic carbocycles. The smallest absolute Gasteiger partial charge is 0.239 e. The van der Waals surface area contributed by atoms with Crippen LogP contribution in [0.2, 0.25) is 5.02 Å². The standard InChI is InChI=1S/C11H13ClN2O2/c12-8-2-1-3-10(4-8)14-5-9(7-15)13-11(16)6-14/h1-4,9,15H,5-7H2,(H,13,16). The third-order valence-electron chi connectivity index (χ3n) is 2.53. The molecular formula is C11H13ClN2O2. The Hall–Kier alpha value is -1.26. The molecule has 0 saturated carbocycles. The van der Waals surface area contributed by atoms with Gasteiger partial charge in [0.25, 0.3) is 0 Å². The van der Waals surface area contributed by atoms with Crippen LogP contribution in [0.4, 0.5) is 5.69 Å². The van der Waals surface area contributed by atoms with Crippen molar-refractivity contribution in [2.24, 2.45) is 0 Å². The van der Waals surface area contributed by atoms with E-state index in [1.54, 1.807) is 6.07 Å². The number of aliphatic hydroxyl groups is 1. The third-order valence-corrected chi connectivity index (χ3v) is 2.77. The zero-order chi connectivity index (χ0) is 11.5. The number of halogens is 1. The van der Waals surface area contributed by atoms with E-state index in [-0.39, 0.29) is 18.6 Å². The van der Waals surface area contributed by atoms with Crippen LogP contribution < -0.4 is 10.2 Å². The summed E-state index contributed by atoms with van der Waals surface area (Å²) in [6.45, 7) is 0.849. The van der Waals surface area contributed by atoms with Crippen LogP contribution in [-0.2, 0) is 4.79 Å². The first-order valence-electron chi connectivity index (χ1n) is 5.10. The average molecular weight is 241 g/mol. The second kappa shape index (κ2) is 4.72. The number of rotatable bonds is 2. The summed E-state index contributed by atoms with van der Waals surface area (Å²) in [6, 6.07) is 7.14. The first-order chi connectivity index (χ1) is 7.69. The highest BCUT2D eigenvalue weighted by molar-refractivity contribution is 6.30. The molecule has 4 nitrogen and oxygen atoms in total. The molecule has 2 rings (SSSR count). The Balaban J connectivity index is 2.17. The molecule has 1 aliphatic heterocycles. The fourth-order valence-electron chi connectivity index (χ4n) is 1.80.